The van der Waals surface area contributed by atoms with Crippen LogP contribution in [0.2, 0.25) is 5.02 Å². The van der Waals surface area contributed by atoms with Crippen LogP contribution in [0.25, 0.3) is 0 Å². The van der Waals surface area contributed by atoms with Gasteiger partial charge >= 0.3 is 6.18 Å². The molecule has 0 aromatic heterocycles. The van der Waals surface area contributed by atoms with E-state index in [1.54, 1.807) is 12.1 Å². The molecule has 0 radical (unpaired) electrons. The van der Waals surface area contributed by atoms with E-state index in [1.807, 2.05) is 4.72 Å². The van der Waals surface area contributed by atoms with Gasteiger partial charge in [-0.25, -0.2) is 8.42 Å². The number of sulfonamides is 1. The highest BCUT2D eigenvalue weighted by molar-refractivity contribution is 7.89. The van der Waals surface area contributed by atoms with Crippen LogP contribution in [0.5, 0.6) is 0 Å². The molecule has 0 aliphatic rings. The van der Waals surface area contributed by atoms with Gasteiger partial charge in [0.25, 0.3) is 0 Å². The molecule has 0 aliphatic heterocycles. The summed E-state index contributed by atoms with van der Waals surface area (Å²) in [4.78, 5) is 11.2. The van der Waals surface area contributed by atoms with Crippen molar-refractivity contribution < 1.29 is 26.4 Å². The highest BCUT2D eigenvalue weighted by atomic mass is 35.5. The summed E-state index contributed by atoms with van der Waals surface area (Å²) in [6.45, 7) is 1.21. The van der Waals surface area contributed by atoms with Gasteiger partial charge in [0.1, 0.15) is 0 Å². The van der Waals surface area contributed by atoms with Gasteiger partial charge in [0, 0.05) is 0 Å². The molecule has 2 aromatic rings. The van der Waals surface area contributed by atoms with Gasteiger partial charge in [-0.05, 0) is 31.2 Å². The molecule has 2 rings (SSSR count). The number of carbonyl (C=O) groups excluding carboxylic acids is 1. The molecule has 0 fully saturated rings. The number of hydrogen-bond donors (Lipinski definition) is 2. The van der Waals surface area contributed by atoms with Crippen LogP contribution in [0, 0.1) is 0 Å². The Hall–Kier alpha value is -2.10. The van der Waals surface area contributed by atoms with Crippen molar-refractivity contribution in [3.05, 3.63) is 59.1 Å². The van der Waals surface area contributed by atoms with Crippen LogP contribution < -0.4 is 10.0 Å². The maximum atomic E-state index is 13.0. The van der Waals surface area contributed by atoms with E-state index in [2.05, 4.69) is 5.32 Å². The molecular weight excluding hydrogens is 393 g/mol. The van der Waals surface area contributed by atoms with Gasteiger partial charge in [-0.2, -0.15) is 17.9 Å². The Morgan fingerprint density at radius 2 is 1.65 bits per heavy atom. The predicted molar refractivity (Wildman–Crippen MR) is 91.3 cm³/mol. The van der Waals surface area contributed by atoms with Crippen molar-refractivity contribution in [2.75, 3.05) is 5.32 Å². The zero-order chi connectivity index (χ0) is 19.5. The summed E-state index contributed by atoms with van der Waals surface area (Å²) in [6.07, 6.45) is -4.85. The molecule has 0 spiro atoms. The van der Waals surface area contributed by atoms with Crippen molar-refractivity contribution in [1.29, 1.82) is 0 Å². The van der Waals surface area contributed by atoms with Crippen molar-refractivity contribution in [2.24, 2.45) is 0 Å². The number of rotatable bonds is 5. The number of anilines is 1. The second kappa shape index (κ2) is 7.65. The third-order valence-corrected chi connectivity index (χ3v) is 5.27. The van der Waals surface area contributed by atoms with Gasteiger partial charge in [0.05, 0.1) is 27.2 Å². The fourth-order valence-electron chi connectivity index (χ4n) is 2.09. The molecule has 2 aromatic carbocycles. The first-order valence-electron chi connectivity index (χ1n) is 7.26. The molecular formula is C16H14ClF3N2O3S. The van der Waals surface area contributed by atoms with Gasteiger partial charge in [0.2, 0.25) is 15.9 Å². The molecule has 5 nitrogen and oxygen atoms in total. The zero-order valence-corrected chi connectivity index (χ0v) is 14.9. The van der Waals surface area contributed by atoms with E-state index in [-0.39, 0.29) is 10.7 Å². The van der Waals surface area contributed by atoms with Gasteiger partial charge < -0.3 is 5.32 Å². The molecule has 26 heavy (non-hydrogen) atoms. The third kappa shape index (κ3) is 4.75. The van der Waals surface area contributed by atoms with Crippen molar-refractivity contribution in [1.82, 2.24) is 4.72 Å². The van der Waals surface area contributed by atoms with Crippen LogP contribution in [0.1, 0.15) is 12.5 Å². The third-order valence-electron chi connectivity index (χ3n) is 3.34. The van der Waals surface area contributed by atoms with Crippen LogP contribution >= 0.6 is 11.6 Å². The Balaban J connectivity index is 2.22. The summed E-state index contributed by atoms with van der Waals surface area (Å²) in [5, 5.41) is 2.64. The maximum absolute atomic E-state index is 13.0. The molecule has 0 aliphatic carbocycles. The minimum absolute atomic E-state index is 0.235. The zero-order valence-electron chi connectivity index (χ0n) is 13.3. The minimum atomic E-state index is -4.85. The number of hydrogen-bond acceptors (Lipinski definition) is 3. The Kier molecular flexibility index (Phi) is 5.94. The van der Waals surface area contributed by atoms with Crippen LogP contribution in [0.4, 0.5) is 18.9 Å². The van der Waals surface area contributed by atoms with E-state index >= 15 is 0 Å². The fourth-order valence-corrected chi connectivity index (χ4v) is 3.70. The first-order chi connectivity index (χ1) is 12.0. The van der Waals surface area contributed by atoms with Crippen LogP contribution in [-0.2, 0) is 21.0 Å². The summed E-state index contributed by atoms with van der Waals surface area (Å²) in [7, 11) is -4.58. The minimum Gasteiger partial charge on any atom is -0.323 e. The molecule has 0 saturated heterocycles. The summed E-state index contributed by atoms with van der Waals surface area (Å²) >= 11 is 5.89. The summed E-state index contributed by atoms with van der Waals surface area (Å²) in [5.74, 6) is -0.772. The molecule has 2 N–H and O–H groups in total. The van der Waals surface area contributed by atoms with Crippen molar-refractivity contribution >= 4 is 33.2 Å². The SMILES string of the molecule is C[C@H](NS(=O)(=O)c1ccccc1C(F)(F)F)C(=O)Nc1ccccc1Cl. The second-order valence-corrected chi connectivity index (χ2v) is 7.40. The predicted octanol–water partition coefficient (Wildman–Crippen LogP) is 3.66. The lowest BCUT2D eigenvalue weighted by Crippen LogP contribution is -2.42. The van der Waals surface area contributed by atoms with Crippen LogP contribution in [0.3, 0.4) is 0 Å². The van der Waals surface area contributed by atoms with E-state index in [0.717, 1.165) is 18.2 Å². The number of alkyl halides is 3. The van der Waals surface area contributed by atoms with Gasteiger partial charge in [-0.1, -0.05) is 35.9 Å². The lowest BCUT2D eigenvalue weighted by atomic mass is 10.2. The Morgan fingerprint density at radius 1 is 1.08 bits per heavy atom. The number of nitrogens with one attached hydrogen (secondary N) is 2. The lowest BCUT2D eigenvalue weighted by Gasteiger charge is -2.17. The summed E-state index contributed by atoms with van der Waals surface area (Å²) in [5.41, 5.74) is -1.06. The van der Waals surface area contributed by atoms with E-state index in [1.165, 1.54) is 19.1 Å². The average Bonchev–Trinajstić information content (AvgIpc) is 2.55. The normalized spacial score (nSPS) is 13.3. The van der Waals surface area contributed by atoms with Crippen molar-refractivity contribution in [3.8, 4) is 0 Å². The van der Waals surface area contributed by atoms with Crippen LogP contribution in [0.15, 0.2) is 53.4 Å². The molecule has 10 heteroatoms. The molecule has 0 heterocycles. The quantitative estimate of drug-likeness (QED) is 0.795. The van der Waals surface area contributed by atoms with E-state index in [0.29, 0.717) is 6.07 Å². The summed E-state index contributed by atoms with van der Waals surface area (Å²) < 4.78 is 65.6. The standard InChI is InChI=1S/C16H14ClF3N2O3S/c1-10(15(23)21-13-8-4-3-7-12(13)17)22-26(24,25)14-9-5-2-6-11(14)16(18,19)20/h2-10,22H,1H3,(H,21,23)/t10-/m0/s1. The molecule has 1 amide bonds. The second-order valence-electron chi connectivity index (χ2n) is 5.31. The largest absolute Gasteiger partial charge is 0.417 e. The number of halogens is 4. The van der Waals surface area contributed by atoms with E-state index in [9.17, 15) is 26.4 Å². The fraction of sp³-hybridized carbons (Fsp3) is 0.188. The lowest BCUT2D eigenvalue weighted by molar-refractivity contribution is -0.139. The Labute approximate surface area is 153 Å². The molecule has 0 saturated carbocycles. The average molecular weight is 407 g/mol. The molecule has 0 unspecified atom stereocenters. The molecule has 0 bridgehead atoms. The molecule has 1 atom stereocenters. The number of benzene rings is 2. The number of para-hydroxylation sites is 1. The number of amides is 1. The monoisotopic (exact) mass is 406 g/mol. The first kappa shape index (κ1) is 20.2. The molecule has 140 valence electrons. The van der Waals surface area contributed by atoms with Crippen molar-refractivity contribution in [3.63, 3.8) is 0 Å². The van der Waals surface area contributed by atoms with Gasteiger partial charge in [-0.15, -0.1) is 0 Å². The van der Waals surface area contributed by atoms with Crippen molar-refractivity contribution in [2.45, 2.75) is 24.0 Å². The Bertz CT molecular complexity index is 917. The highest BCUT2D eigenvalue weighted by Crippen LogP contribution is 2.34. The smallest absolute Gasteiger partial charge is 0.323 e. The Morgan fingerprint density at radius 3 is 2.27 bits per heavy atom. The van der Waals surface area contributed by atoms with Gasteiger partial charge in [-0.3, -0.25) is 4.79 Å². The topological polar surface area (TPSA) is 75.3 Å². The van der Waals surface area contributed by atoms with Gasteiger partial charge in [0.15, 0.2) is 0 Å². The first-order valence-corrected chi connectivity index (χ1v) is 9.12. The highest BCUT2D eigenvalue weighted by Gasteiger charge is 2.37. The van der Waals surface area contributed by atoms with Crippen LogP contribution in [-0.4, -0.2) is 20.4 Å². The van der Waals surface area contributed by atoms with E-state index < -0.39 is 38.6 Å². The summed E-state index contributed by atoms with van der Waals surface area (Å²) in [6, 6.07) is 8.65. The maximum Gasteiger partial charge on any atom is 0.417 e. The number of carbonyl (C=O) groups is 1. The van der Waals surface area contributed by atoms with E-state index in [4.69, 9.17) is 11.6 Å².